The first-order valence-electron chi connectivity index (χ1n) is 6.77. The molecular weight excluding hydrogens is 266 g/mol. The molecule has 1 heterocycles. The first-order chi connectivity index (χ1) is 10.2. The van der Waals surface area contributed by atoms with Crippen molar-refractivity contribution in [2.75, 3.05) is 11.9 Å². The van der Waals surface area contributed by atoms with E-state index in [1.165, 1.54) is 0 Å². The van der Waals surface area contributed by atoms with Gasteiger partial charge in [-0.1, -0.05) is 18.2 Å². The Morgan fingerprint density at radius 1 is 1.24 bits per heavy atom. The van der Waals surface area contributed by atoms with Crippen LogP contribution in [0.15, 0.2) is 42.5 Å². The van der Waals surface area contributed by atoms with Crippen molar-refractivity contribution in [1.82, 2.24) is 0 Å². The summed E-state index contributed by atoms with van der Waals surface area (Å²) in [5.41, 5.74) is 2.83. The van der Waals surface area contributed by atoms with Crippen LogP contribution in [0.5, 0.6) is 11.5 Å². The van der Waals surface area contributed by atoms with Gasteiger partial charge in [0, 0.05) is 22.8 Å². The second-order valence-electron chi connectivity index (χ2n) is 4.71. The first-order valence-corrected chi connectivity index (χ1v) is 6.77. The monoisotopic (exact) mass is 281 g/mol. The molecule has 0 aromatic heterocycles. The molecule has 1 amide bonds. The lowest BCUT2D eigenvalue weighted by atomic mass is 10.0. The number of nitrogens with one attached hydrogen (secondary N) is 1. The van der Waals surface area contributed by atoms with Gasteiger partial charge < -0.3 is 15.2 Å². The number of benzene rings is 2. The molecule has 2 aromatic carbocycles. The number of hydrogen-bond acceptors (Lipinski definition) is 3. The predicted molar refractivity (Wildman–Crippen MR) is 82.2 cm³/mol. The minimum Gasteiger partial charge on any atom is -0.508 e. The fourth-order valence-electron chi connectivity index (χ4n) is 2.37. The number of aromatic hydroxyl groups is 1. The van der Waals surface area contributed by atoms with Crippen molar-refractivity contribution < 1.29 is 14.6 Å². The molecule has 4 heteroatoms. The van der Waals surface area contributed by atoms with Gasteiger partial charge in [0.25, 0.3) is 5.91 Å². The van der Waals surface area contributed by atoms with Crippen LogP contribution in [-0.2, 0) is 4.79 Å². The topological polar surface area (TPSA) is 58.6 Å². The highest BCUT2D eigenvalue weighted by molar-refractivity contribution is 6.35. The highest BCUT2D eigenvalue weighted by Crippen LogP contribution is 2.36. The molecule has 0 atom stereocenters. The molecule has 0 fully saturated rings. The average Bonchev–Trinajstić information content (AvgIpc) is 2.76. The van der Waals surface area contributed by atoms with Crippen molar-refractivity contribution in [3.63, 3.8) is 0 Å². The van der Waals surface area contributed by atoms with Gasteiger partial charge in [0.2, 0.25) is 0 Å². The van der Waals surface area contributed by atoms with Crippen molar-refractivity contribution in [3.05, 3.63) is 53.6 Å². The molecule has 4 nitrogen and oxygen atoms in total. The second-order valence-corrected chi connectivity index (χ2v) is 4.71. The summed E-state index contributed by atoms with van der Waals surface area (Å²) >= 11 is 0. The zero-order valence-electron chi connectivity index (χ0n) is 11.6. The highest BCUT2D eigenvalue weighted by Gasteiger charge is 2.24. The molecule has 0 aliphatic carbocycles. The summed E-state index contributed by atoms with van der Waals surface area (Å²) in [6.07, 6.45) is 1.81. The van der Waals surface area contributed by atoms with E-state index >= 15 is 0 Å². The lowest BCUT2D eigenvalue weighted by Gasteiger charge is -2.07. The number of carbonyl (C=O) groups is 1. The maximum Gasteiger partial charge on any atom is 0.256 e. The highest BCUT2D eigenvalue weighted by atomic mass is 16.5. The zero-order valence-corrected chi connectivity index (χ0v) is 11.6. The van der Waals surface area contributed by atoms with Crippen molar-refractivity contribution in [3.8, 4) is 11.5 Å². The first kappa shape index (κ1) is 13.2. The van der Waals surface area contributed by atoms with Crippen LogP contribution in [0.3, 0.4) is 0 Å². The van der Waals surface area contributed by atoms with Gasteiger partial charge in [-0.3, -0.25) is 4.79 Å². The number of anilines is 1. The van der Waals surface area contributed by atoms with Crippen LogP contribution in [0.25, 0.3) is 11.6 Å². The van der Waals surface area contributed by atoms with E-state index in [1.807, 2.05) is 37.3 Å². The number of rotatable bonds is 3. The summed E-state index contributed by atoms with van der Waals surface area (Å²) in [4.78, 5) is 12.1. The Balaban J connectivity index is 2.07. The molecule has 0 saturated heterocycles. The van der Waals surface area contributed by atoms with Crippen molar-refractivity contribution in [2.24, 2.45) is 0 Å². The molecule has 0 bridgehead atoms. The van der Waals surface area contributed by atoms with Gasteiger partial charge >= 0.3 is 0 Å². The van der Waals surface area contributed by atoms with Gasteiger partial charge in [-0.25, -0.2) is 0 Å². The van der Waals surface area contributed by atoms with Gasteiger partial charge in [0.1, 0.15) is 11.5 Å². The normalized spacial score (nSPS) is 14.9. The molecule has 21 heavy (non-hydrogen) atoms. The third-order valence-electron chi connectivity index (χ3n) is 3.30. The minimum atomic E-state index is -0.179. The minimum absolute atomic E-state index is 0.130. The van der Waals surface area contributed by atoms with Crippen LogP contribution in [-0.4, -0.2) is 17.6 Å². The lowest BCUT2D eigenvalue weighted by molar-refractivity contribution is -0.110. The lowest BCUT2D eigenvalue weighted by Crippen LogP contribution is -2.03. The molecule has 1 aliphatic heterocycles. The molecule has 0 unspecified atom stereocenters. The number of phenols is 1. The Morgan fingerprint density at radius 3 is 2.86 bits per heavy atom. The van der Waals surface area contributed by atoms with Crippen molar-refractivity contribution >= 4 is 23.2 Å². The standard InChI is InChI=1S/C17H15NO3/c1-2-21-16-6-4-3-5-11(16)9-14-13-8-7-12(19)10-15(13)18-17(14)20/h3-10,19H,2H2,1H3,(H,18,20)/b14-9+. The molecule has 0 spiro atoms. The van der Waals surface area contributed by atoms with Gasteiger partial charge in [0.15, 0.2) is 0 Å². The Labute approximate surface area is 122 Å². The number of hydrogen-bond donors (Lipinski definition) is 2. The predicted octanol–water partition coefficient (Wildman–Crippen LogP) is 3.28. The summed E-state index contributed by atoms with van der Waals surface area (Å²) in [5, 5.41) is 12.2. The maximum absolute atomic E-state index is 12.1. The third kappa shape index (κ3) is 2.48. The van der Waals surface area contributed by atoms with E-state index in [1.54, 1.807) is 18.2 Å². The van der Waals surface area contributed by atoms with Crippen molar-refractivity contribution in [1.29, 1.82) is 0 Å². The Morgan fingerprint density at radius 2 is 2.05 bits per heavy atom. The molecule has 2 aromatic rings. The van der Waals surface area contributed by atoms with Gasteiger partial charge in [-0.15, -0.1) is 0 Å². The van der Waals surface area contributed by atoms with Crippen LogP contribution in [0.1, 0.15) is 18.1 Å². The molecule has 0 radical (unpaired) electrons. The van der Waals surface area contributed by atoms with E-state index in [9.17, 15) is 9.90 Å². The SMILES string of the molecule is CCOc1ccccc1/C=C1/C(=O)Nc2cc(O)ccc21. The largest absolute Gasteiger partial charge is 0.508 e. The number of phenolic OH excluding ortho intramolecular Hbond substituents is 1. The van der Waals surface area contributed by atoms with Crippen LogP contribution < -0.4 is 10.1 Å². The summed E-state index contributed by atoms with van der Waals surface area (Å²) in [5.74, 6) is 0.694. The van der Waals surface area contributed by atoms with E-state index in [4.69, 9.17) is 4.74 Å². The molecule has 106 valence electrons. The molecular formula is C17H15NO3. The van der Waals surface area contributed by atoms with E-state index in [-0.39, 0.29) is 11.7 Å². The summed E-state index contributed by atoms with van der Waals surface area (Å²) < 4.78 is 5.57. The van der Waals surface area contributed by atoms with E-state index < -0.39 is 0 Å². The van der Waals surface area contributed by atoms with Crippen LogP contribution >= 0.6 is 0 Å². The Bertz CT molecular complexity index is 735. The van der Waals surface area contributed by atoms with Gasteiger partial charge in [-0.2, -0.15) is 0 Å². The van der Waals surface area contributed by atoms with Crippen molar-refractivity contribution in [2.45, 2.75) is 6.92 Å². The maximum atomic E-state index is 12.1. The third-order valence-corrected chi connectivity index (χ3v) is 3.30. The van der Waals surface area contributed by atoms with Crippen LogP contribution in [0, 0.1) is 0 Å². The van der Waals surface area contributed by atoms with E-state index in [2.05, 4.69) is 5.32 Å². The Hall–Kier alpha value is -2.75. The van der Waals surface area contributed by atoms with Crippen LogP contribution in [0.4, 0.5) is 5.69 Å². The van der Waals surface area contributed by atoms with Gasteiger partial charge in [-0.05, 0) is 31.2 Å². The number of fused-ring (bicyclic) bond motifs is 1. The quantitative estimate of drug-likeness (QED) is 0.849. The fraction of sp³-hybridized carbons (Fsp3) is 0.118. The van der Waals surface area contributed by atoms with E-state index in [0.29, 0.717) is 17.9 Å². The summed E-state index contributed by atoms with van der Waals surface area (Å²) in [7, 11) is 0. The Kier molecular flexibility index (Phi) is 3.36. The summed E-state index contributed by atoms with van der Waals surface area (Å²) in [6.45, 7) is 2.49. The molecule has 3 rings (SSSR count). The molecule has 0 saturated carbocycles. The number of amides is 1. The summed E-state index contributed by atoms with van der Waals surface area (Å²) in [6, 6.07) is 12.4. The molecule has 1 aliphatic rings. The number of para-hydroxylation sites is 1. The number of carbonyl (C=O) groups excluding carboxylic acids is 1. The molecule has 2 N–H and O–H groups in total. The van der Waals surface area contributed by atoms with E-state index in [0.717, 1.165) is 16.9 Å². The van der Waals surface area contributed by atoms with Crippen LogP contribution in [0.2, 0.25) is 0 Å². The fourth-order valence-corrected chi connectivity index (χ4v) is 2.37. The second kappa shape index (κ2) is 5.32. The average molecular weight is 281 g/mol. The smallest absolute Gasteiger partial charge is 0.256 e. The number of ether oxygens (including phenoxy) is 1. The zero-order chi connectivity index (χ0) is 14.8. The van der Waals surface area contributed by atoms with Gasteiger partial charge in [0.05, 0.1) is 12.3 Å².